The molecule has 1 N–H and O–H groups in total. The fourth-order valence-corrected chi connectivity index (χ4v) is 2.68. The molecule has 15 heavy (non-hydrogen) atoms. The minimum Gasteiger partial charge on any atom is -0.314 e. The molecule has 1 atom stereocenters. The van der Waals surface area contributed by atoms with Gasteiger partial charge in [-0.05, 0) is 58.7 Å². The van der Waals surface area contributed by atoms with Crippen LogP contribution in [0.25, 0.3) is 0 Å². The highest BCUT2D eigenvalue weighted by molar-refractivity contribution is 4.74. The number of hydrogen-bond donors (Lipinski definition) is 1. The number of nitrogens with one attached hydrogen (secondary N) is 1. The summed E-state index contributed by atoms with van der Waals surface area (Å²) < 4.78 is 0. The van der Waals surface area contributed by atoms with Crippen LogP contribution in [0.5, 0.6) is 0 Å². The molecule has 1 heterocycles. The highest BCUT2D eigenvalue weighted by Crippen LogP contribution is 2.12. The Labute approximate surface area is 95.4 Å². The molecule has 2 heteroatoms. The SMILES string of the molecule is CCC(CC)N(C)CCCC1CCCN1. The van der Waals surface area contributed by atoms with Crippen LogP contribution in [0.2, 0.25) is 0 Å². The van der Waals surface area contributed by atoms with E-state index < -0.39 is 0 Å². The van der Waals surface area contributed by atoms with E-state index in [1.165, 1.54) is 51.6 Å². The van der Waals surface area contributed by atoms with E-state index in [-0.39, 0.29) is 0 Å². The number of nitrogens with zero attached hydrogens (tertiary/aromatic N) is 1. The van der Waals surface area contributed by atoms with Gasteiger partial charge in [0.25, 0.3) is 0 Å². The van der Waals surface area contributed by atoms with Gasteiger partial charge in [-0.15, -0.1) is 0 Å². The smallest absolute Gasteiger partial charge is 0.00869 e. The molecule has 1 aliphatic rings. The van der Waals surface area contributed by atoms with E-state index in [1.54, 1.807) is 0 Å². The van der Waals surface area contributed by atoms with Gasteiger partial charge in [0.15, 0.2) is 0 Å². The van der Waals surface area contributed by atoms with Gasteiger partial charge in [0.05, 0.1) is 0 Å². The molecular weight excluding hydrogens is 184 g/mol. The zero-order valence-corrected chi connectivity index (χ0v) is 10.8. The van der Waals surface area contributed by atoms with E-state index >= 15 is 0 Å². The quantitative estimate of drug-likeness (QED) is 0.698. The molecule has 1 unspecified atom stereocenters. The van der Waals surface area contributed by atoms with Gasteiger partial charge in [-0.1, -0.05) is 13.8 Å². The van der Waals surface area contributed by atoms with Crippen molar-refractivity contribution >= 4 is 0 Å². The van der Waals surface area contributed by atoms with Gasteiger partial charge in [0.1, 0.15) is 0 Å². The molecule has 1 aliphatic heterocycles. The molecule has 0 radical (unpaired) electrons. The monoisotopic (exact) mass is 212 g/mol. The van der Waals surface area contributed by atoms with Crippen LogP contribution in [0.4, 0.5) is 0 Å². The number of hydrogen-bond acceptors (Lipinski definition) is 2. The summed E-state index contributed by atoms with van der Waals surface area (Å²) in [5.41, 5.74) is 0. The van der Waals surface area contributed by atoms with Gasteiger partial charge in [-0.25, -0.2) is 0 Å². The maximum atomic E-state index is 3.57. The maximum absolute atomic E-state index is 3.57. The van der Waals surface area contributed by atoms with Crippen LogP contribution in [-0.4, -0.2) is 37.1 Å². The van der Waals surface area contributed by atoms with Gasteiger partial charge in [0, 0.05) is 12.1 Å². The fraction of sp³-hybridized carbons (Fsp3) is 1.00. The highest BCUT2D eigenvalue weighted by Gasteiger charge is 2.14. The molecule has 0 aromatic heterocycles. The van der Waals surface area contributed by atoms with Gasteiger partial charge >= 0.3 is 0 Å². The Bertz CT molecular complexity index is 149. The van der Waals surface area contributed by atoms with Gasteiger partial charge in [-0.3, -0.25) is 0 Å². The molecule has 0 saturated carbocycles. The molecule has 0 aromatic carbocycles. The van der Waals surface area contributed by atoms with Crippen LogP contribution in [0, 0.1) is 0 Å². The van der Waals surface area contributed by atoms with Crippen LogP contribution >= 0.6 is 0 Å². The van der Waals surface area contributed by atoms with E-state index in [0.717, 1.165) is 12.1 Å². The summed E-state index contributed by atoms with van der Waals surface area (Å²) in [7, 11) is 2.28. The summed E-state index contributed by atoms with van der Waals surface area (Å²) in [6.07, 6.45) is 8.07. The van der Waals surface area contributed by atoms with Crippen molar-refractivity contribution in [1.82, 2.24) is 10.2 Å². The third-order valence-corrected chi connectivity index (χ3v) is 3.79. The van der Waals surface area contributed by atoms with Crippen LogP contribution in [-0.2, 0) is 0 Å². The Kier molecular flexibility index (Phi) is 6.26. The van der Waals surface area contributed by atoms with Crippen molar-refractivity contribution in [1.29, 1.82) is 0 Å². The van der Waals surface area contributed by atoms with Crippen molar-refractivity contribution in [3.05, 3.63) is 0 Å². The fourth-order valence-electron chi connectivity index (χ4n) is 2.68. The second kappa shape index (κ2) is 7.24. The van der Waals surface area contributed by atoms with E-state index in [9.17, 15) is 0 Å². The van der Waals surface area contributed by atoms with E-state index in [2.05, 4.69) is 31.1 Å². The van der Waals surface area contributed by atoms with Crippen molar-refractivity contribution in [3.8, 4) is 0 Å². The van der Waals surface area contributed by atoms with Gasteiger partial charge < -0.3 is 10.2 Å². The standard InChI is InChI=1S/C13H28N2/c1-4-13(5-2)15(3)11-7-9-12-8-6-10-14-12/h12-14H,4-11H2,1-3H3. The third-order valence-electron chi connectivity index (χ3n) is 3.79. The van der Waals surface area contributed by atoms with Gasteiger partial charge in [0.2, 0.25) is 0 Å². The van der Waals surface area contributed by atoms with Crippen molar-refractivity contribution in [2.75, 3.05) is 20.1 Å². The summed E-state index contributed by atoms with van der Waals surface area (Å²) in [4.78, 5) is 2.54. The Morgan fingerprint density at radius 2 is 2.07 bits per heavy atom. The van der Waals surface area contributed by atoms with Crippen molar-refractivity contribution in [2.24, 2.45) is 0 Å². The predicted molar refractivity (Wildman–Crippen MR) is 67.3 cm³/mol. The topological polar surface area (TPSA) is 15.3 Å². The predicted octanol–water partition coefficient (Wildman–Crippen LogP) is 2.64. The molecule has 90 valence electrons. The van der Waals surface area contributed by atoms with Crippen LogP contribution in [0.3, 0.4) is 0 Å². The summed E-state index contributed by atoms with van der Waals surface area (Å²) in [5, 5.41) is 3.57. The molecule has 1 fully saturated rings. The lowest BCUT2D eigenvalue weighted by Gasteiger charge is -2.26. The molecule has 1 rings (SSSR count). The molecule has 0 aromatic rings. The van der Waals surface area contributed by atoms with Crippen LogP contribution in [0.15, 0.2) is 0 Å². The van der Waals surface area contributed by atoms with E-state index in [1.807, 2.05) is 0 Å². The molecule has 1 saturated heterocycles. The first-order chi connectivity index (χ1) is 7.27. The zero-order chi connectivity index (χ0) is 11.1. The molecule has 0 aliphatic carbocycles. The lowest BCUT2D eigenvalue weighted by Crippen LogP contribution is -2.32. The first-order valence-electron chi connectivity index (χ1n) is 6.71. The summed E-state index contributed by atoms with van der Waals surface area (Å²) in [6.45, 7) is 7.10. The average molecular weight is 212 g/mol. The lowest BCUT2D eigenvalue weighted by molar-refractivity contribution is 0.223. The van der Waals surface area contributed by atoms with Crippen LogP contribution in [0.1, 0.15) is 52.4 Å². The largest absolute Gasteiger partial charge is 0.314 e. The normalized spacial score (nSPS) is 21.8. The van der Waals surface area contributed by atoms with E-state index in [4.69, 9.17) is 0 Å². The molecule has 0 amide bonds. The maximum Gasteiger partial charge on any atom is 0.00869 e. The second-order valence-corrected chi connectivity index (χ2v) is 4.89. The molecule has 0 spiro atoms. The first-order valence-corrected chi connectivity index (χ1v) is 6.71. The Morgan fingerprint density at radius 3 is 2.60 bits per heavy atom. The van der Waals surface area contributed by atoms with Crippen molar-refractivity contribution in [3.63, 3.8) is 0 Å². The molecule has 0 bridgehead atoms. The van der Waals surface area contributed by atoms with Crippen molar-refractivity contribution in [2.45, 2.75) is 64.5 Å². The molecule has 2 nitrogen and oxygen atoms in total. The number of rotatable bonds is 7. The Balaban J connectivity index is 2.07. The van der Waals surface area contributed by atoms with Gasteiger partial charge in [-0.2, -0.15) is 0 Å². The summed E-state index contributed by atoms with van der Waals surface area (Å²) in [6, 6.07) is 1.61. The first kappa shape index (κ1) is 13.0. The lowest BCUT2D eigenvalue weighted by atomic mass is 10.1. The highest BCUT2D eigenvalue weighted by atomic mass is 15.1. The Hall–Kier alpha value is -0.0800. The third kappa shape index (κ3) is 4.52. The zero-order valence-electron chi connectivity index (χ0n) is 10.8. The summed E-state index contributed by atoms with van der Waals surface area (Å²) >= 11 is 0. The molecular formula is C13H28N2. The minimum absolute atomic E-state index is 0.793. The summed E-state index contributed by atoms with van der Waals surface area (Å²) in [5.74, 6) is 0. The Morgan fingerprint density at radius 1 is 1.33 bits per heavy atom. The minimum atomic E-state index is 0.793. The van der Waals surface area contributed by atoms with Crippen molar-refractivity contribution < 1.29 is 0 Å². The van der Waals surface area contributed by atoms with E-state index in [0.29, 0.717) is 0 Å². The average Bonchev–Trinajstić information content (AvgIpc) is 2.72. The second-order valence-electron chi connectivity index (χ2n) is 4.89. The van der Waals surface area contributed by atoms with Crippen LogP contribution < -0.4 is 5.32 Å².